The molecular formula is C12H21NO3. The van der Waals surface area contributed by atoms with Crippen LogP contribution in [0.25, 0.3) is 0 Å². The molecule has 0 aliphatic carbocycles. The number of ether oxygens (including phenoxy) is 1. The number of likely N-dealkylation sites (tertiary alicyclic amines) is 1. The first-order valence-corrected chi connectivity index (χ1v) is 6.29. The van der Waals surface area contributed by atoms with E-state index in [-0.39, 0.29) is 24.0 Å². The molecule has 0 aromatic carbocycles. The van der Waals surface area contributed by atoms with Crippen molar-refractivity contribution in [1.82, 2.24) is 4.90 Å². The first kappa shape index (κ1) is 11.9. The van der Waals surface area contributed by atoms with Crippen molar-refractivity contribution in [1.29, 1.82) is 0 Å². The molecule has 1 amide bonds. The number of aliphatic hydroxyl groups is 1. The number of hydrogen-bond acceptors (Lipinski definition) is 3. The van der Waals surface area contributed by atoms with Crippen molar-refractivity contribution in [2.45, 2.75) is 44.8 Å². The van der Waals surface area contributed by atoms with Crippen LogP contribution in [0.5, 0.6) is 0 Å². The van der Waals surface area contributed by atoms with E-state index < -0.39 is 0 Å². The Morgan fingerprint density at radius 1 is 1.50 bits per heavy atom. The quantitative estimate of drug-likeness (QED) is 0.775. The molecule has 2 saturated heterocycles. The third kappa shape index (κ3) is 2.55. The lowest BCUT2D eigenvalue weighted by molar-refractivity contribution is -0.150. The Labute approximate surface area is 96.6 Å². The molecule has 0 saturated carbocycles. The van der Waals surface area contributed by atoms with Gasteiger partial charge in [0.1, 0.15) is 0 Å². The van der Waals surface area contributed by atoms with Crippen molar-refractivity contribution in [3.8, 4) is 0 Å². The summed E-state index contributed by atoms with van der Waals surface area (Å²) >= 11 is 0. The molecule has 1 N–H and O–H groups in total. The maximum atomic E-state index is 12.0. The van der Waals surface area contributed by atoms with Gasteiger partial charge in [0.15, 0.2) is 0 Å². The Morgan fingerprint density at radius 2 is 2.25 bits per heavy atom. The van der Waals surface area contributed by atoms with Crippen molar-refractivity contribution >= 4 is 5.91 Å². The molecule has 0 spiro atoms. The first-order chi connectivity index (χ1) is 7.70. The molecule has 2 atom stereocenters. The van der Waals surface area contributed by atoms with Gasteiger partial charge in [-0.2, -0.15) is 0 Å². The Bertz CT molecular complexity index is 249. The van der Waals surface area contributed by atoms with E-state index in [9.17, 15) is 9.90 Å². The standard InChI is InChI=1S/C12H21NO3/c1-2-3-11-6-9(4-5-16-11)12(15)13-7-10(14)8-13/h9-11,14H,2-8H2,1H3. The zero-order valence-electron chi connectivity index (χ0n) is 9.89. The van der Waals surface area contributed by atoms with Gasteiger partial charge < -0.3 is 14.7 Å². The van der Waals surface area contributed by atoms with E-state index in [1.54, 1.807) is 4.90 Å². The van der Waals surface area contributed by atoms with Crippen LogP contribution in [-0.2, 0) is 9.53 Å². The van der Waals surface area contributed by atoms with E-state index in [1.807, 2.05) is 0 Å². The Kier molecular flexibility index (Phi) is 3.82. The summed E-state index contributed by atoms with van der Waals surface area (Å²) in [5.74, 6) is 0.340. The van der Waals surface area contributed by atoms with Gasteiger partial charge in [-0.05, 0) is 19.3 Å². The molecule has 92 valence electrons. The topological polar surface area (TPSA) is 49.8 Å². The number of rotatable bonds is 3. The van der Waals surface area contributed by atoms with Gasteiger partial charge in [-0.1, -0.05) is 13.3 Å². The highest BCUT2D eigenvalue weighted by molar-refractivity contribution is 5.79. The summed E-state index contributed by atoms with van der Waals surface area (Å²) in [7, 11) is 0. The van der Waals surface area contributed by atoms with Crippen molar-refractivity contribution in [3.63, 3.8) is 0 Å². The zero-order chi connectivity index (χ0) is 11.5. The molecule has 0 aromatic heterocycles. The van der Waals surface area contributed by atoms with E-state index >= 15 is 0 Å². The van der Waals surface area contributed by atoms with Crippen LogP contribution < -0.4 is 0 Å². The van der Waals surface area contributed by atoms with Crippen LogP contribution >= 0.6 is 0 Å². The van der Waals surface area contributed by atoms with Gasteiger partial charge in [0.2, 0.25) is 5.91 Å². The lowest BCUT2D eigenvalue weighted by Gasteiger charge is -2.40. The minimum Gasteiger partial charge on any atom is -0.389 e. The Balaban J connectivity index is 1.82. The molecular weight excluding hydrogens is 206 g/mol. The maximum absolute atomic E-state index is 12.0. The SMILES string of the molecule is CCCC1CC(C(=O)N2CC(O)C2)CCO1. The number of β-amino-alcohol motifs (C(OH)–C–C–N with tert-alkyl or cyclic N) is 1. The van der Waals surface area contributed by atoms with E-state index in [1.165, 1.54) is 0 Å². The highest BCUT2D eigenvalue weighted by Crippen LogP contribution is 2.26. The third-order valence-electron chi connectivity index (χ3n) is 3.50. The lowest BCUT2D eigenvalue weighted by Crippen LogP contribution is -2.56. The van der Waals surface area contributed by atoms with Crippen LogP contribution in [0.15, 0.2) is 0 Å². The molecule has 2 rings (SSSR count). The third-order valence-corrected chi connectivity index (χ3v) is 3.50. The minimum atomic E-state index is -0.296. The zero-order valence-corrected chi connectivity index (χ0v) is 9.89. The smallest absolute Gasteiger partial charge is 0.226 e. The summed E-state index contributed by atoms with van der Waals surface area (Å²) < 4.78 is 5.63. The molecule has 4 heteroatoms. The average Bonchev–Trinajstić information content (AvgIpc) is 2.25. The molecule has 0 bridgehead atoms. The Hall–Kier alpha value is -0.610. The van der Waals surface area contributed by atoms with Gasteiger partial charge in [-0.25, -0.2) is 0 Å². The highest BCUT2D eigenvalue weighted by Gasteiger charge is 2.35. The van der Waals surface area contributed by atoms with Gasteiger partial charge >= 0.3 is 0 Å². The van der Waals surface area contributed by atoms with Crippen molar-refractivity contribution in [2.75, 3.05) is 19.7 Å². The highest BCUT2D eigenvalue weighted by atomic mass is 16.5. The van der Waals surface area contributed by atoms with Crippen LogP contribution in [0.2, 0.25) is 0 Å². The van der Waals surface area contributed by atoms with E-state index in [0.29, 0.717) is 19.7 Å². The van der Waals surface area contributed by atoms with Crippen molar-refractivity contribution in [3.05, 3.63) is 0 Å². The normalized spacial score (nSPS) is 31.2. The predicted molar refractivity (Wildman–Crippen MR) is 60.0 cm³/mol. The number of carbonyl (C=O) groups excluding carboxylic acids is 1. The second kappa shape index (κ2) is 5.15. The molecule has 2 heterocycles. The number of carbonyl (C=O) groups is 1. The van der Waals surface area contributed by atoms with Crippen molar-refractivity contribution < 1.29 is 14.6 Å². The van der Waals surface area contributed by atoms with Gasteiger partial charge in [0.05, 0.1) is 12.2 Å². The van der Waals surface area contributed by atoms with E-state index in [4.69, 9.17) is 4.74 Å². The predicted octanol–water partition coefficient (Wildman–Crippen LogP) is 0.785. The van der Waals surface area contributed by atoms with E-state index in [2.05, 4.69) is 6.92 Å². The fourth-order valence-corrected chi connectivity index (χ4v) is 2.52. The number of amides is 1. The minimum absolute atomic E-state index is 0.123. The fraction of sp³-hybridized carbons (Fsp3) is 0.917. The number of nitrogens with zero attached hydrogens (tertiary/aromatic N) is 1. The van der Waals surface area contributed by atoms with Crippen LogP contribution in [0.1, 0.15) is 32.6 Å². The molecule has 2 aliphatic rings. The van der Waals surface area contributed by atoms with E-state index in [0.717, 1.165) is 25.7 Å². The molecule has 16 heavy (non-hydrogen) atoms. The Morgan fingerprint density at radius 3 is 2.88 bits per heavy atom. The maximum Gasteiger partial charge on any atom is 0.226 e. The molecule has 2 unspecified atom stereocenters. The summed E-state index contributed by atoms with van der Waals surface area (Å²) in [5.41, 5.74) is 0. The largest absolute Gasteiger partial charge is 0.389 e. The lowest BCUT2D eigenvalue weighted by atomic mass is 9.91. The summed E-state index contributed by atoms with van der Waals surface area (Å²) in [6.45, 7) is 3.89. The van der Waals surface area contributed by atoms with Gasteiger partial charge in [0.25, 0.3) is 0 Å². The van der Waals surface area contributed by atoms with Gasteiger partial charge in [-0.15, -0.1) is 0 Å². The summed E-state index contributed by atoms with van der Waals surface area (Å²) in [6.07, 6.45) is 3.82. The molecule has 0 radical (unpaired) electrons. The van der Waals surface area contributed by atoms with Crippen molar-refractivity contribution in [2.24, 2.45) is 5.92 Å². The number of hydrogen-bond donors (Lipinski definition) is 1. The van der Waals surface area contributed by atoms with Gasteiger partial charge in [0, 0.05) is 25.6 Å². The van der Waals surface area contributed by atoms with Gasteiger partial charge in [-0.3, -0.25) is 4.79 Å². The van der Waals surface area contributed by atoms with Crippen LogP contribution in [0.3, 0.4) is 0 Å². The first-order valence-electron chi connectivity index (χ1n) is 6.29. The molecule has 4 nitrogen and oxygen atoms in total. The number of aliphatic hydroxyl groups excluding tert-OH is 1. The summed E-state index contributed by atoms with van der Waals surface area (Å²) in [4.78, 5) is 13.8. The second-order valence-electron chi connectivity index (χ2n) is 4.90. The molecule has 2 aliphatic heterocycles. The average molecular weight is 227 g/mol. The monoisotopic (exact) mass is 227 g/mol. The van der Waals surface area contributed by atoms with Crippen LogP contribution in [-0.4, -0.2) is 47.8 Å². The fourth-order valence-electron chi connectivity index (χ4n) is 2.52. The second-order valence-corrected chi connectivity index (χ2v) is 4.90. The summed E-state index contributed by atoms with van der Waals surface area (Å²) in [6, 6.07) is 0. The van der Waals surface area contributed by atoms with Crippen LogP contribution in [0, 0.1) is 5.92 Å². The molecule has 2 fully saturated rings. The molecule has 0 aromatic rings. The van der Waals surface area contributed by atoms with Crippen LogP contribution in [0.4, 0.5) is 0 Å². The summed E-state index contributed by atoms with van der Waals surface area (Å²) in [5, 5.41) is 9.18.